The highest BCUT2D eigenvalue weighted by molar-refractivity contribution is 7.89. The number of carbonyl (C=O) groups is 1. The lowest BCUT2D eigenvalue weighted by molar-refractivity contribution is -0.384. The topological polar surface area (TPSA) is 107 Å². The molecule has 25 heavy (non-hydrogen) atoms. The van der Waals surface area contributed by atoms with Gasteiger partial charge in [-0.1, -0.05) is 12.5 Å². The third-order valence-corrected chi connectivity index (χ3v) is 5.83. The SMILES string of the molecule is CCOC(=O)/C=C/[C@@H]1CCCCN1S(=O)(=O)c1ccc([N+](=O)[O-])cc1. The third kappa shape index (κ3) is 4.64. The summed E-state index contributed by atoms with van der Waals surface area (Å²) in [6.07, 6.45) is 4.96. The number of rotatable bonds is 6. The molecule has 0 spiro atoms. The number of esters is 1. The molecule has 1 fully saturated rings. The van der Waals surface area contributed by atoms with Crippen molar-refractivity contribution >= 4 is 21.7 Å². The van der Waals surface area contributed by atoms with Gasteiger partial charge in [-0.15, -0.1) is 0 Å². The second kappa shape index (κ2) is 8.21. The Bertz CT molecular complexity index is 757. The highest BCUT2D eigenvalue weighted by Crippen LogP contribution is 2.27. The molecule has 8 nitrogen and oxygen atoms in total. The monoisotopic (exact) mass is 368 g/mol. The summed E-state index contributed by atoms with van der Waals surface area (Å²) in [5, 5.41) is 10.7. The molecule has 1 aromatic rings. The zero-order valence-electron chi connectivity index (χ0n) is 13.8. The van der Waals surface area contributed by atoms with Crippen LogP contribution in [-0.4, -0.2) is 42.8 Å². The summed E-state index contributed by atoms with van der Waals surface area (Å²) in [4.78, 5) is 21.6. The van der Waals surface area contributed by atoms with Gasteiger partial charge in [-0.25, -0.2) is 13.2 Å². The van der Waals surface area contributed by atoms with E-state index in [1.165, 1.54) is 34.6 Å². The molecule has 1 heterocycles. The van der Waals surface area contributed by atoms with E-state index in [0.29, 0.717) is 13.0 Å². The van der Waals surface area contributed by atoms with E-state index in [9.17, 15) is 23.3 Å². The summed E-state index contributed by atoms with van der Waals surface area (Å²) < 4.78 is 31.9. The molecule has 2 rings (SSSR count). The Labute approximate surface area is 146 Å². The lowest BCUT2D eigenvalue weighted by atomic mass is 10.0. The average molecular weight is 368 g/mol. The van der Waals surface area contributed by atoms with Crippen molar-refractivity contribution in [3.63, 3.8) is 0 Å². The molecule has 0 radical (unpaired) electrons. The number of carbonyl (C=O) groups excluding carboxylic acids is 1. The minimum Gasteiger partial charge on any atom is -0.463 e. The molecular weight excluding hydrogens is 348 g/mol. The van der Waals surface area contributed by atoms with Crippen molar-refractivity contribution in [2.24, 2.45) is 0 Å². The van der Waals surface area contributed by atoms with Crippen LogP contribution in [0.4, 0.5) is 5.69 Å². The fourth-order valence-corrected chi connectivity index (χ4v) is 4.33. The summed E-state index contributed by atoms with van der Waals surface area (Å²) in [7, 11) is -3.81. The Hall–Kier alpha value is -2.26. The minimum atomic E-state index is -3.81. The van der Waals surface area contributed by atoms with Gasteiger partial charge in [0.05, 0.1) is 16.4 Å². The molecule has 0 amide bonds. The van der Waals surface area contributed by atoms with E-state index >= 15 is 0 Å². The van der Waals surface area contributed by atoms with E-state index in [1.54, 1.807) is 13.0 Å². The standard InChI is InChI=1S/C16H20N2O6S/c1-2-24-16(19)11-8-13-5-3-4-12-17(13)25(22,23)15-9-6-14(7-10-15)18(20)21/h6-11,13H,2-5,12H2,1H3/b11-8+/t13-/m0/s1. The highest BCUT2D eigenvalue weighted by atomic mass is 32.2. The van der Waals surface area contributed by atoms with Gasteiger partial charge in [0.25, 0.3) is 5.69 Å². The van der Waals surface area contributed by atoms with Crippen LogP contribution in [0.5, 0.6) is 0 Å². The molecule has 0 aliphatic carbocycles. The predicted molar refractivity (Wildman–Crippen MR) is 90.4 cm³/mol. The van der Waals surface area contributed by atoms with Crippen LogP contribution in [0.3, 0.4) is 0 Å². The smallest absolute Gasteiger partial charge is 0.330 e. The van der Waals surface area contributed by atoms with E-state index in [-0.39, 0.29) is 17.2 Å². The molecule has 1 aliphatic rings. The Morgan fingerprint density at radius 2 is 2.04 bits per heavy atom. The summed E-state index contributed by atoms with van der Waals surface area (Å²) in [6, 6.07) is 4.35. The van der Waals surface area contributed by atoms with Gasteiger partial charge in [-0.2, -0.15) is 4.31 Å². The van der Waals surface area contributed by atoms with Gasteiger partial charge in [0.15, 0.2) is 0 Å². The number of hydrogen-bond acceptors (Lipinski definition) is 6. The molecule has 9 heteroatoms. The van der Waals surface area contributed by atoms with Gasteiger partial charge >= 0.3 is 5.97 Å². The molecule has 136 valence electrons. The number of piperidine rings is 1. The van der Waals surface area contributed by atoms with Crippen molar-refractivity contribution in [3.8, 4) is 0 Å². The molecule has 1 aliphatic heterocycles. The molecule has 1 saturated heterocycles. The molecule has 0 unspecified atom stereocenters. The first-order valence-electron chi connectivity index (χ1n) is 7.97. The molecular formula is C16H20N2O6S. The highest BCUT2D eigenvalue weighted by Gasteiger charge is 2.32. The van der Waals surface area contributed by atoms with Crippen molar-refractivity contribution in [2.45, 2.75) is 37.1 Å². The summed E-state index contributed by atoms with van der Waals surface area (Å²) in [5.74, 6) is -0.513. The molecule has 1 aromatic carbocycles. The van der Waals surface area contributed by atoms with E-state index < -0.39 is 27.0 Å². The molecule has 0 N–H and O–H groups in total. The third-order valence-electron chi connectivity index (χ3n) is 3.89. The Kier molecular flexibility index (Phi) is 6.27. The zero-order valence-corrected chi connectivity index (χ0v) is 14.6. The van der Waals surface area contributed by atoms with Crippen molar-refractivity contribution in [1.82, 2.24) is 4.31 Å². The first kappa shape index (κ1) is 19.1. The first-order valence-corrected chi connectivity index (χ1v) is 9.41. The van der Waals surface area contributed by atoms with E-state index in [2.05, 4.69) is 0 Å². The summed E-state index contributed by atoms with van der Waals surface area (Å²) >= 11 is 0. The predicted octanol–water partition coefficient (Wildman–Crippen LogP) is 2.26. The van der Waals surface area contributed by atoms with Gasteiger partial charge in [0.1, 0.15) is 0 Å². The van der Waals surface area contributed by atoms with Gasteiger partial charge in [0.2, 0.25) is 10.0 Å². The van der Waals surface area contributed by atoms with Crippen molar-refractivity contribution in [1.29, 1.82) is 0 Å². The quantitative estimate of drug-likeness (QED) is 0.330. The van der Waals surface area contributed by atoms with E-state index in [4.69, 9.17) is 4.74 Å². The summed E-state index contributed by atoms with van der Waals surface area (Å²) in [5.41, 5.74) is -0.170. The number of nitro benzene ring substituents is 1. The fraction of sp³-hybridized carbons (Fsp3) is 0.438. The Morgan fingerprint density at radius 3 is 2.64 bits per heavy atom. The van der Waals surface area contributed by atoms with Gasteiger partial charge < -0.3 is 4.74 Å². The van der Waals surface area contributed by atoms with Crippen LogP contribution < -0.4 is 0 Å². The lowest BCUT2D eigenvalue weighted by Gasteiger charge is -2.32. The number of benzene rings is 1. The molecule has 0 saturated carbocycles. The van der Waals surface area contributed by atoms with E-state index in [1.807, 2.05) is 0 Å². The second-order valence-electron chi connectivity index (χ2n) is 5.54. The zero-order chi connectivity index (χ0) is 18.4. The normalized spacial score (nSPS) is 19.0. The second-order valence-corrected chi connectivity index (χ2v) is 7.43. The van der Waals surface area contributed by atoms with E-state index in [0.717, 1.165) is 12.8 Å². The maximum atomic E-state index is 12.9. The van der Waals surface area contributed by atoms with Crippen LogP contribution >= 0.6 is 0 Å². The summed E-state index contributed by atoms with van der Waals surface area (Å²) in [6.45, 7) is 2.27. The molecule has 0 aromatic heterocycles. The van der Waals surface area contributed by atoms with Crippen LogP contribution in [-0.2, 0) is 19.6 Å². The lowest BCUT2D eigenvalue weighted by Crippen LogP contribution is -2.42. The van der Waals surface area contributed by atoms with Gasteiger partial charge in [-0.3, -0.25) is 10.1 Å². The largest absolute Gasteiger partial charge is 0.463 e. The van der Waals surface area contributed by atoms with Crippen LogP contribution in [0.25, 0.3) is 0 Å². The number of ether oxygens (including phenoxy) is 1. The molecule has 0 bridgehead atoms. The van der Waals surface area contributed by atoms with Gasteiger partial charge in [-0.05, 0) is 31.9 Å². The Balaban J connectivity index is 2.25. The maximum Gasteiger partial charge on any atom is 0.330 e. The van der Waals surface area contributed by atoms with Crippen LogP contribution in [0.2, 0.25) is 0 Å². The maximum absolute atomic E-state index is 12.9. The van der Waals surface area contributed by atoms with Crippen molar-refractivity contribution in [3.05, 3.63) is 46.5 Å². The first-order chi connectivity index (χ1) is 11.9. The number of nitro groups is 1. The van der Waals surface area contributed by atoms with Gasteiger partial charge in [0, 0.05) is 30.8 Å². The van der Waals surface area contributed by atoms with Crippen molar-refractivity contribution < 1.29 is 22.9 Å². The minimum absolute atomic E-state index is 0.00506. The van der Waals surface area contributed by atoms with Crippen molar-refractivity contribution in [2.75, 3.05) is 13.2 Å². The number of hydrogen-bond donors (Lipinski definition) is 0. The molecule has 1 atom stereocenters. The number of non-ortho nitro benzene ring substituents is 1. The van der Waals surface area contributed by atoms with Crippen LogP contribution in [0.1, 0.15) is 26.2 Å². The average Bonchev–Trinajstić information content (AvgIpc) is 2.60. The van der Waals surface area contributed by atoms with Crippen LogP contribution in [0.15, 0.2) is 41.3 Å². The fourth-order valence-electron chi connectivity index (χ4n) is 2.68. The number of nitrogens with zero attached hydrogens (tertiary/aromatic N) is 2. The number of sulfonamides is 1. The Morgan fingerprint density at radius 1 is 1.36 bits per heavy atom. The van der Waals surface area contributed by atoms with Crippen LogP contribution in [0, 0.1) is 10.1 Å².